The number of halogens is 1. The molecule has 104 valence electrons. The molecule has 0 bridgehead atoms. The van der Waals surface area contributed by atoms with Crippen molar-refractivity contribution in [2.75, 3.05) is 6.61 Å². The van der Waals surface area contributed by atoms with Crippen LogP contribution in [0.15, 0.2) is 36.4 Å². The van der Waals surface area contributed by atoms with Crippen LogP contribution in [0.25, 0.3) is 11.1 Å². The molecule has 0 aliphatic rings. The SMILES string of the molecule is CCOc1cc(F)cc(-c2cccc(C(=O)O)c2C)c1. The van der Waals surface area contributed by atoms with Crippen LogP contribution in [0.1, 0.15) is 22.8 Å². The normalized spacial score (nSPS) is 10.3. The van der Waals surface area contributed by atoms with Gasteiger partial charge in [0.05, 0.1) is 12.2 Å². The highest BCUT2D eigenvalue weighted by molar-refractivity contribution is 5.92. The zero-order valence-electron chi connectivity index (χ0n) is 11.3. The quantitative estimate of drug-likeness (QED) is 0.919. The fourth-order valence-electron chi connectivity index (χ4n) is 2.15. The Hall–Kier alpha value is -2.36. The number of ether oxygens (including phenoxy) is 1. The Balaban J connectivity index is 2.56. The second-order valence-corrected chi connectivity index (χ2v) is 4.39. The van der Waals surface area contributed by atoms with Crippen LogP contribution in [0.2, 0.25) is 0 Å². The summed E-state index contributed by atoms with van der Waals surface area (Å²) in [6.07, 6.45) is 0. The fourth-order valence-corrected chi connectivity index (χ4v) is 2.15. The minimum atomic E-state index is -0.995. The van der Waals surface area contributed by atoms with Crippen LogP contribution in [0.3, 0.4) is 0 Å². The zero-order valence-corrected chi connectivity index (χ0v) is 11.3. The molecule has 2 rings (SSSR count). The van der Waals surface area contributed by atoms with Crippen molar-refractivity contribution in [2.45, 2.75) is 13.8 Å². The Morgan fingerprint density at radius 2 is 2.05 bits per heavy atom. The molecule has 3 nitrogen and oxygen atoms in total. The molecular weight excluding hydrogens is 259 g/mol. The van der Waals surface area contributed by atoms with Crippen LogP contribution < -0.4 is 4.74 Å². The van der Waals surface area contributed by atoms with E-state index in [0.717, 1.165) is 0 Å². The summed E-state index contributed by atoms with van der Waals surface area (Å²) in [4.78, 5) is 11.1. The second-order valence-electron chi connectivity index (χ2n) is 4.39. The molecule has 0 aliphatic heterocycles. The van der Waals surface area contributed by atoms with Gasteiger partial charge in [-0.3, -0.25) is 0 Å². The summed E-state index contributed by atoms with van der Waals surface area (Å²) in [5, 5.41) is 9.13. The maximum Gasteiger partial charge on any atom is 0.335 e. The van der Waals surface area contributed by atoms with Crippen molar-refractivity contribution in [3.05, 3.63) is 53.3 Å². The van der Waals surface area contributed by atoms with Gasteiger partial charge in [-0.1, -0.05) is 12.1 Å². The van der Waals surface area contributed by atoms with Crippen molar-refractivity contribution in [3.63, 3.8) is 0 Å². The summed E-state index contributed by atoms with van der Waals surface area (Å²) in [7, 11) is 0. The van der Waals surface area contributed by atoms with Crippen molar-refractivity contribution in [1.82, 2.24) is 0 Å². The molecule has 1 N–H and O–H groups in total. The minimum Gasteiger partial charge on any atom is -0.494 e. The predicted molar refractivity (Wildman–Crippen MR) is 74.7 cm³/mol. The average Bonchev–Trinajstić information content (AvgIpc) is 2.38. The minimum absolute atomic E-state index is 0.213. The highest BCUT2D eigenvalue weighted by Gasteiger charge is 2.12. The molecule has 0 atom stereocenters. The number of carboxylic acids is 1. The van der Waals surface area contributed by atoms with Gasteiger partial charge in [-0.05, 0) is 48.7 Å². The first-order chi connectivity index (χ1) is 9.52. The van der Waals surface area contributed by atoms with Gasteiger partial charge < -0.3 is 9.84 Å². The van der Waals surface area contributed by atoms with Gasteiger partial charge in [0.15, 0.2) is 0 Å². The highest BCUT2D eigenvalue weighted by Crippen LogP contribution is 2.29. The van der Waals surface area contributed by atoms with Gasteiger partial charge in [-0.25, -0.2) is 9.18 Å². The third kappa shape index (κ3) is 2.79. The summed E-state index contributed by atoms with van der Waals surface area (Å²) in [6, 6.07) is 9.34. The van der Waals surface area contributed by atoms with Gasteiger partial charge in [-0.15, -0.1) is 0 Å². The van der Waals surface area contributed by atoms with E-state index in [9.17, 15) is 9.18 Å². The molecular formula is C16H15FO3. The van der Waals surface area contributed by atoms with E-state index in [2.05, 4.69) is 0 Å². The molecule has 0 spiro atoms. The number of benzene rings is 2. The van der Waals surface area contributed by atoms with Gasteiger partial charge in [0.2, 0.25) is 0 Å². The lowest BCUT2D eigenvalue weighted by atomic mass is 9.96. The first kappa shape index (κ1) is 14.1. The van der Waals surface area contributed by atoms with Gasteiger partial charge in [0, 0.05) is 6.07 Å². The van der Waals surface area contributed by atoms with E-state index in [1.807, 2.05) is 6.92 Å². The Labute approximate surface area is 116 Å². The van der Waals surface area contributed by atoms with Crippen LogP contribution in [-0.4, -0.2) is 17.7 Å². The molecule has 0 aromatic heterocycles. The van der Waals surface area contributed by atoms with Crippen LogP contribution in [-0.2, 0) is 0 Å². The molecule has 0 unspecified atom stereocenters. The van der Waals surface area contributed by atoms with Crippen molar-refractivity contribution in [1.29, 1.82) is 0 Å². The molecule has 0 amide bonds. The van der Waals surface area contributed by atoms with Crippen LogP contribution in [0.5, 0.6) is 5.75 Å². The number of carboxylic acid groups (broad SMARTS) is 1. The molecule has 0 saturated carbocycles. The van der Waals surface area contributed by atoms with Crippen LogP contribution >= 0.6 is 0 Å². The van der Waals surface area contributed by atoms with Gasteiger partial charge in [-0.2, -0.15) is 0 Å². The molecule has 0 heterocycles. The average molecular weight is 274 g/mol. The molecule has 0 saturated heterocycles. The van der Waals surface area contributed by atoms with E-state index >= 15 is 0 Å². The van der Waals surface area contributed by atoms with Crippen molar-refractivity contribution < 1.29 is 19.0 Å². The van der Waals surface area contributed by atoms with Crippen molar-refractivity contribution >= 4 is 5.97 Å². The zero-order chi connectivity index (χ0) is 14.7. The topological polar surface area (TPSA) is 46.5 Å². The van der Waals surface area contributed by atoms with E-state index in [1.54, 1.807) is 25.1 Å². The lowest BCUT2D eigenvalue weighted by Crippen LogP contribution is -2.01. The van der Waals surface area contributed by atoms with Crippen LogP contribution in [0.4, 0.5) is 4.39 Å². The van der Waals surface area contributed by atoms with Gasteiger partial charge >= 0.3 is 5.97 Å². The first-order valence-electron chi connectivity index (χ1n) is 6.29. The lowest BCUT2D eigenvalue weighted by Gasteiger charge is -2.11. The molecule has 0 aliphatic carbocycles. The summed E-state index contributed by atoms with van der Waals surface area (Å²) >= 11 is 0. The molecule has 0 fully saturated rings. The smallest absolute Gasteiger partial charge is 0.335 e. The maximum absolute atomic E-state index is 13.6. The van der Waals surface area contributed by atoms with Crippen molar-refractivity contribution in [2.24, 2.45) is 0 Å². The number of rotatable bonds is 4. The van der Waals surface area contributed by atoms with E-state index < -0.39 is 11.8 Å². The molecule has 0 radical (unpaired) electrons. The molecule has 2 aromatic rings. The number of hydrogen-bond acceptors (Lipinski definition) is 2. The fraction of sp³-hybridized carbons (Fsp3) is 0.188. The second kappa shape index (κ2) is 5.74. The van der Waals surface area contributed by atoms with E-state index in [1.165, 1.54) is 18.2 Å². The van der Waals surface area contributed by atoms with Gasteiger partial charge in [0.25, 0.3) is 0 Å². The first-order valence-corrected chi connectivity index (χ1v) is 6.29. The molecule has 4 heteroatoms. The Morgan fingerprint density at radius 3 is 2.70 bits per heavy atom. The highest BCUT2D eigenvalue weighted by atomic mass is 19.1. The largest absolute Gasteiger partial charge is 0.494 e. The lowest BCUT2D eigenvalue weighted by molar-refractivity contribution is 0.0696. The monoisotopic (exact) mass is 274 g/mol. The summed E-state index contributed by atoms with van der Waals surface area (Å²) in [6.45, 7) is 3.97. The molecule has 2 aromatic carbocycles. The standard InChI is InChI=1S/C16H15FO3/c1-3-20-13-8-11(7-12(17)9-13)14-5-4-6-15(10(14)2)16(18)19/h4-9H,3H2,1-2H3,(H,18,19). The third-order valence-corrected chi connectivity index (χ3v) is 3.06. The van der Waals surface area contributed by atoms with Gasteiger partial charge in [0.1, 0.15) is 11.6 Å². The Bertz CT molecular complexity index is 650. The number of hydrogen-bond donors (Lipinski definition) is 1. The number of aromatic carboxylic acids is 1. The van der Waals surface area contributed by atoms with E-state index in [4.69, 9.17) is 9.84 Å². The van der Waals surface area contributed by atoms with E-state index in [0.29, 0.717) is 29.0 Å². The summed E-state index contributed by atoms with van der Waals surface area (Å²) in [5.41, 5.74) is 2.11. The van der Waals surface area contributed by atoms with Crippen molar-refractivity contribution in [3.8, 4) is 16.9 Å². The van der Waals surface area contributed by atoms with Crippen LogP contribution in [0, 0.1) is 12.7 Å². The van der Waals surface area contributed by atoms with E-state index in [-0.39, 0.29) is 5.56 Å². The Kier molecular flexibility index (Phi) is 4.03. The Morgan fingerprint density at radius 1 is 1.30 bits per heavy atom. The predicted octanol–water partition coefficient (Wildman–Crippen LogP) is 3.90. The molecule has 20 heavy (non-hydrogen) atoms. The third-order valence-electron chi connectivity index (χ3n) is 3.06. The summed E-state index contributed by atoms with van der Waals surface area (Å²) in [5.74, 6) is -0.973. The summed E-state index contributed by atoms with van der Waals surface area (Å²) < 4.78 is 18.9. The number of carbonyl (C=O) groups is 1. The maximum atomic E-state index is 13.6.